The molecular formula is C21H27Cl2N3. The molecular weight excluding hydrogens is 365 g/mol. The van der Waals surface area contributed by atoms with E-state index >= 15 is 0 Å². The Morgan fingerprint density at radius 3 is 2.46 bits per heavy atom. The first-order chi connectivity index (χ1) is 11.6. The van der Waals surface area contributed by atoms with E-state index in [1.165, 1.54) is 39.0 Å². The second-order valence-corrected chi connectivity index (χ2v) is 7.09. The number of aromatic nitrogens is 1. The molecule has 3 nitrogen and oxygen atoms in total. The number of hydrogen-bond acceptors (Lipinski definition) is 2. The van der Waals surface area contributed by atoms with Crippen molar-refractivity contribution < 1.29 is 0 Å². The van der Waals surface area contributed by atoms with Crippen molar-refractivity contribution in [1.82, 2.24) is 10.3 Å². The summed E-state index contributed by atoms with van der Waals surface area (Å²) in [6.45, 7) is 3.22. The Balaban J connectivity index is 0.00000121. The molecule has 2 N–H and O–H groups in total. The largest absolute Gasteiger partial charge is 0.378 e. The first-order valence-electron chi connectivity index (χ1n) is 8.72. The SMILES string of the molecule is Cc1ccc2[nH]c3c(c2c1)CCNC3Cc1ccc(N(C)C)cc1.Cl.Cl. The van der Waals surface area contributed by atoms with Crippen molar-refractivity contribution >= 4 is 41.4 Å². The summed E-state index contributed by atoms with van der Waals surface area (Å²) in [5, 5.41) is 5.10. The predicted molar refractivity (Wildman–Crippen MR) is 116 cm³/mol. The third-order valence-corrected chi connectivity index (χ3v) is 5.10. The standard InChI is InChI=1S/C21H25N3.2ClH/c1-14-4-9-19-18(12-14)17-10-11-22-20(21(17)23-19)13-15-5-7-16(8-6-15)24(2)3;;/h4-9,12,20,22-23H,10-11,13H2,1-3H3;2*1H. The van der Waals surface area contributed by atoms with Crippen LogP contribution in [0.2, 0.25) is 0 Å². The molecule has 0 amide bonds. The van der Waals surface area contributed by atoms with Crippen LogP contribution in [0.5, 0.6) is 0 Å². The van der Waals surface area contributed by atoms with E-state index in [9.17, 15) is 0 Å². The lowest BCUT2D eigenvalue weighted by Gasteiger charge is -2.25. The zero-order valence-electron chi connectivity index (χ0n) is 15.5. The van der Waals surface area contributed by atoms with E-state index in [-0.39, 0.29) is 24.8 Å². The maximum Gasteiger partial charge on any atom is 0.0517 e. The highest BCUT2D eigenvalue weighted by Crippen LogP contribution is 2.32. The number of halogens is 2. The van der Waals surface area contributed by atoms with Crippen molar-refractivity contribution in [2.24, 2.45) is 0 Å². The molecule has 0 fully saturated rings. The van der Waals surface area contributed by atoms with E-state index in [1.807, 2.05) is 0 Å². The van der Waals surface area contributed by atoms with Gasteiger partial charge in [0, 0.05) is 36.4 Å². The molecule has 0 saturated heterocycles. The molecule has 26 heavy (non-hydrogen) atoms. The second-order valence-electron chi connectivity index (χ2n) is 7.09. The van der Waals surface area contributed by atoms with Crippen LogP contribution in [-0.2, 0) is 12.8 Å². The number of fused-ring (bicyclic) bond motifs is 3. The number of nitrogens with zero attached hydrogens (tertiary/aromatic N) is 1. The Hall–Kier alpha value is -1.68. The Bertz CT molecular complexity index is 869. The maximum atomic E-state index is 3.70. The van der Waals surface area contributed by atoms with Gasteiger partial charge in [-0.15, -0.1) is 24.8 Å². The Morgan fingerprint density at radius 1 is 1.04 bits per heavy atom. The lowest BCUT2D eigenvalue weighted by atomic mass is 9.94. The predicted octanol–water partition coefficient (Wildman–Crippen LogP) is 4.82. The number of hydrogen-bond donors (Lipinski definition) is 2. The minimum Gasteiger partial charge on any atom is -0.378 e. The molecule has 1 aliphatic rings. The summed E-state index contributed by atoms with van der Waals surface area (Å²) >= 11 is 0. The third-order valence-electron chi connectivity index (χ3n) is 5.10. The average molecular weight is 392 g/mol. The van der Waals surface area contributed by atoms with Crippen LogP contribution < -0.4 is 10.2 Å². The maximum absolute atomic E-state index is 3.70. The van der Waals surface area contributed by atoms with Crippen LogP contribution >= 0.6 is 24.8 Å². The normalized spacial score (nSPS) is 15.7. The van der Waals surface area contributed by atoms with Crippen molar-refractivity contribution in [3.63, 3.8) is 0 Å². The number of nitrogens with one attached hydrogen (secondary N) is 2. The number of benzene rings is 2. The zero-order chi connectivity index (χ0) is 16.7. The van der Waals surface area contributed by atoms with E-state index in [2.05, 4.69) is 78.7 Å². The molecule has 4 rings (SSSR count). The third kappa shape index (κ3) is 3.85. The van der Waals surface area contributed by atoms with E-state index in [4.69, 9.17) is 0 Å². The van der Waals surface area contributed by atoms with Crippen molar-refractivity contribution in [2.45, 2.75) is 25.8 Å². The second kappa shape index (κ2) is 8.34. The molecule has 1 aromatic heterocycles. The molecule has 1 aliphatic heterocycles. The molecule has 0 aliphatic carbocycles. The van der Waals surface area contributed by atoms with Gasteiger partial charge in [0.2, 0.25) is 0 Å². The molecule has 0 spiro atoms. The smallest absolute Gasteiger partial charge is 0.0517 e. The average Bonchev–Trinajstić information content (AvgIpc) is 2.94. The summed E-state index contributed by atoms with van der Waals surface area (Å²) in [5.74, 6) is 0. The lowest BCUT2D eigenvalue weighted by Crippen LogP contribution is -2.31. The number of H-pyrrole nitrogens is 1. The minimum absolute atomic E-state index is 0. The highest BCUT2D eigenvalue weighted by atomic mass is 35.5. The summed E-state index contributed by atoms with van der Waals surface area (Å²) < 4.78 is 0. The molecule has 0 saturated carbocycles. The van der Waals surface area contributed by atoms with Gasteiger partial charge in [0.1, 0.15) is 0 Å². The van der Waals surface area contributed by atoms with Gasteiger partial charge in [0.05, 0.1) is 6.04 Å². The molecule has 2 aromatic carbocycles. The van der Waals surface area contributed by atoms with Crippen LogP contribution in [0.3, 0.4) is 0 Å². The van der Waals surface area contributed by atoms with E-state index in [0.29, 0.717) is 6.04 Å². The van der Waals surface area contributed by atoms with E-state index in [1.54, 1.807) is 0 Å². The fraction of sp³-hybridized carbons (Fsp3) is 0.333. The first-order valence-corrected chi connectivity index (χ1v) is 8.72. The van der Waals surface area contributed by atoms with Gasteiger partial charge >= 0.3 is 0 Å². The Kier molecular flexibility index (Phi) is 6.62. The van der Waals surface area contributed by atoms with Gasteiger partial charge in [0.15, 0.2) is 0 Å². The van der Waals surface area contributed by atoms with Gasteiger partial charge in [-0.05, 0) is 61.7 Å². The molecule has 5 heteroatoms. The zero-order valence-corrected chi connectivity index (χ0v) is 17.1. The molecule has 1 atom stereocenters. The molecule has 1 unspecified atom stereocenters. The van der Waals surface area contributed by atoms with Crippen LogP contribution in [0.25, 0.3) is 10.9 Å². The fourth-order valence-corrected chi connectivity index (χ4v) is 3.76. The summed E-state index contributed by atoms with van der Waals surface area (Å²) in [7, 11) is 4.16. The van der Waals surface area contributed by atoms with Gasteiger partial charge in [-0.2, -0.15) is 0 Å². The lowest BCUT2D eigenvalue weighted by molar-refractivity contribution is 0.495. The van der Waals surface area contributed by atoms with Gasteiger partial charge in [-0.1, -0.05) is 23.8 Å². The van der Waals surface area contributed by atoms with E-state index < -0.39 is 0 Å². The summed E-state index contributed by atoms with van der Waals surface area (Å²) in [6, 6.07) is 16.0. The van der Waals surface area contributed by atoms with Crippen LogP contribution in [0, 0.1) is 6.92 Å². The highest BCUT2D eigenvalue weighted by Gasteiger charge is 2.24. The molecule has 140 valence electrons. The first kappa shape index (κ1) is 20.6. The van der Waals surface area contributed by atoms with Crippen LogP contribution in [0.1, 0.15) is 28.4 Å². The summed E-state index contributed by atoms with van der Waals surface area (Å²) in [4.78, 5) is 5.81. The molecule has 0 radical (unpaired) electrons. The summed E-state index contributed by atoms with van der Waals surface area (Å²) in [6.07, 6.45) is 2.13. The minimum atomic E-state index is 0. The van der Waals surface area contributed by atoms with Gasteiger partial charge < -0.3 is 15.2 Å². The van der Waals surface area contributed by atoms with Crippen molar-refractivity contribution in [3.05, 3.63) is 64.8 Å². The molecule has 0 bridgehead atoms. The number of rotatable bonds is 3. The van der Waals surface area contributed by atoms with Gasteiger partial charge in [-0.3, -0.25) is 0 Å². The van der Waals surface area contributed by atoms with Crippen LogP contribution in [-0.4, -0.2) is 25.6 Å². The van der Waals surface area contributed by atoms with Crippen molar-refractivity contribution in [2.75, 3.05) is 25.5 Å². The quantitative estimate of drug-likeness (QED) is 0.670. The number of aryl methyl sites for hydroxylation is 1. The Labute approximate surface area is 168 Å². The van der Waals surface area contributed by atoms with Crippen molar-refractivity contribution in [3.8, 4) is 0 Å². The number of aromatic amines is 1. The monoisotopic (exact) mass is 391 g/mol. The molecule has 3 aromatic rings. The van der Waals surface area contributed by atoms with Gasteiger partial charge in [0.25, 0.3) is 0 Å². The van der Waals surface area contributed by atoms with Crippen molar-refractivity contribution in [1.29, 1.82) is 0 Å². The molecule has 2 heterocycles. The van der Waals surface area contributed by atoms with E-state index in [0.717, 1.165) is 19.4 Å². The fourth-order valence-electron chi connectivity index (χ4n) is 3.76. The summed E-state index contributed by atoms with van der Waals surface area (Å²) in [5.41, 5.74) is 8.10. The van der Waals surface area contributed by atoms with Crippen LogP contribution in [0.15, 0.2) is 42.5 Å². The van der Waals surface area contributed by atoms with Gasteiger partial charge in [-0.25, -0.2) is 0 Å². The van der Waals surface area contributed by atoms with Crippen LogP contribution in [0.4, 0.5) is 5.69 Å². The Morgan fingerprint density at radius 2 is 1.77 bits per heavy atom. The number of anilines is 1. The highest BCUT2D eigenvalue weighted by molar-refractivity contribution is 5.86. The topological polar surface area (TPSA) is 31.1 Å².